The molecule has 1 saturated heterocycles. The molecule has 1 heterocycles. The first-order valence-corrected chi connectivity index (χ1v) is 10.8. The molecular weight excluding hydrogens is 410 g/mol. The Labute approximate surface area is 188 Å². The van der Waals surface area contributed by atoms with Crippen LogP contribution in [0.15, 0.2) is 48.5 Å². The Balaban J connectivity index is 1.76. The summed E-state index contributed by atoms with van der Waals surface area (Å²) in [5.41, 5.74) is 1.73. The summed E-state index contributed by atoms with van der Waals surface area (Å²) in [6.07, 6.45) is -0.0373. The third kappa shape index (κ3) is 5.99. The first-order chi connectivity index (χ1) is 15.4. The van der Waals surface area contributed by atoms with Crippen LogP contribution in [0.25, 0.3) is 0 Å². The van der Waals surface area contributed by atoms with Crippen molar-refractivity contribution in [1.29, 1.82) is 0 Å². The number of methoxy groups -OCH3 is 1. The lowest BCUT2D eigenvalue weighted by Crippen LogP contribution is -2.51. The van der Waals surface area contributed by atoms with Gasteiger partial charge in [0.2, 0.25) is 5.91 Å². The van der Waals surface area contributed by atoms with E-state index in [0.29, 0.717) is 36.4 Å². The number of hydrogen-bond acceptors (Lipinski definition) is 6. The van der Waals surface area contributed by atoms with E-state index >= 15 is 0 Å². The lowest BCUT2D eigenvalue weighted by Gasteiger charge is -2.24. The van der Waals surface area contributed by atoms with Gasteiger partial charge in [0.15, 0.2) is 6.29 Å². The van der Waals surface area contributed by atoms with Crippen molar-refractivity contribution in [3.63, 3.8) is 0 Å². The number of ether oxygens (including phenoxy) is 2. The van der Waals surface area contributed by atoms with Crippen molar-refractivity contribution in [2.24, 2.45) is 5.92 Å². The van der Waals surface area contributed by atoms with Crippen LogP contribution in [-0.4, -0.2) is 49.0 Å². The Morgan fingerprint density at radius 2 is 1.81 bits per heavy atom. The van der Waals surface area contributed by atoms with Crippen molar-refractivity contribution in [2.45, 2.75) is 45.1 Å². The lowest BCUT2D eigenvalue weighted by atomic mass is 10.0. The van der Waals surface area contributed by atoms with Gasteiger partial charge in [-0.15, -0.1) is 0 Å². The fraction of sp³-hybridized carbons (Fsp3) is 0.417. The van der Waals surface area contributed by atoms with Crippen molar-refractivity contribution in [3.05, 3.63) is 54.1 Å². The summed E-state index contributed by atoms with van der Waals surface area (Å²) in [7, 11) is 1.58. The zero-order valence-electron chi connectivity index (χ0n) is 18.6. The zero-order valence-corrected chi connectivity index (χ0v) is 18.6. The first-order valence-electron chi connectivity index (χ1n) is 10.8. The molecule has 8 nitrogen and oxygen atoms in total. The van der Waals surface area contributed by atoms with E-state index in [9.17, 15) is 14.7 Å². The molecule has 2 aromatic carbocycles. The number of anilines is 2. The van der Waals surface area contributed by atoms with Crippen molar-refractivity contribution >= 4 is 23.2 Å². The molecule has 0 aliphatic carbocycles. The molecule has 32 heavy (non-hydrogen) atoms. The molecule has 3 atom stereocenters. The standard InChI is InChI=1S/C24H31N3O5/c1-15(2)14-20(23(29)26-19-12-13-32-24(19)30)27-22(28)16-8-4-5-9-17(16)25-18-10-6-7-11-21(18)31-3/h4-11,15,19-20,24-25,30H,12-14H2,1-3H3,(H,26,29)(H,27,28)/t19-,20?,24-/m0/s1. The molecule has 0 radical (unpaired) electrons. The maximum absolute atomic E-state index is 13.2. The molecule has 1 aliphatic heterocycles. The molecule has 0 aromatic heterocycles. The number of nitrogens with one attached hydrogen (secondary N) is 3. The summed E-state index contributed by atoms with van der Waals surface area (Å²) in [4.78, 5) is 26.1. The first kappa shape index (κ1) is 23.6. The molecule has 8 heteroatoms. The Bertz CT molecular complexity index is 933. The normalized spacial score (nSPS) is 18.8. The zero-order chi connectivity index (χ0) is 23.1. The van der Waals surface area contributed by atoms with Crippen molar-refractivity contribution < 1.29 is 24.2 Å². The van der Waals surface area contributed by atoms with E-state index in [2.05, 4.69) is 16.0 Å². The van der Waals surface area contributed by atoms with Crippen LogP contribution in [0.3, 0.4) is 0 Å². The molecule has 0 spiro atoms. The largest absolute Gasteiger partial charge is 0.495 e. The third-order valence-electron chi connectivity index (χ3n) is 5.27. The average molecular weight is 442 g/mol. The predicted octanol–water partition coefficient (Wildman–Crippen LogP) is 2.81. The number of amides is 2. The molecule has 1 fully saturated rings. The molecule has 1 aliphatic rings. The number of para-hydroxylation sites is 3. The summed E-state index contributed by atoms with van der Waals surface area (Å²) >= 11 is 0. The van der Waals surface area contributed by atoms with E-state index in [1.54, 1.807) is 25.3 Å². The second-order valence-electron chi connectivity index (χ2n) is 8.19. The number of benzene rings is 2. The minimum atomic E-state index is -1.03. The van der Waals surface area contributed by atoms with Crippen molar-refractivity contribution in [1.82, 2.24) is 10.6 Å². The number of aliphatic hydroxyl groups is 1. The van der Waals surface area contributed by atoms with Crippen LogP contribution < -0.4 is 20.7 Å². The number of carbonyl (C=O) groups is 2. The van der Waals surface area contributed by atoms with Gasteiger partial charge in [-0.2, -0.15) is 0 Å². The van der Waals surface area contributed by atoms with Gasteiger partial charge in [0, 0.05) is 0 Å². The molecule has 2 aromatic rings. The van der Waals surface area contributed by atoms with E-state index in [0.717, 1.165) is 5.69 Å². The maximum atomic E-state index is 13.2. The molecule has 1 unspecified atom stereocenters. The van der Waals surface area contributed by atoms with Crippen LogP contribution in [0.2, 0.25) is 0 Å². The summed E-state index contributed by atoms with van der Waals surface area (Å²) in [6.45, 7) is 4.35. The second-order valence-corrected chi connectivity index (χ2v) is 8.19. The number of rotatable bonds is 9. The monoisotopic (exact) mass is 441 g/mol. The highest BCUT2D eigenvalue weighted by atomic mass is 16.6. The van der Waals surface area contributed by atoms with Crippen LogP contribution >= 0.6 is 0 Å². The molecule has 0 saturated carbocycles. The van der Waals surface area contributed by atoms with Crippen molar-refractivity contribution in [3.8, 4) is 5.75 Å². The molecule has 172 valence electrons. The molecule has 2 amide bonds. The van der Waals surface area contributed by atoms with Crippen LogP contribution in [0, 0.1) is 5.92 Å². The minimum absolute atomic E-state index is 0.178. The topological polar surface area (TPSA) is 109 Å². The van der Waals surface area contributed by atoms with Gasteiger partial charge in [0.1, 0.15) is 11.8 Å². The molecular formula is C24H31N3O5. The van der Waals surface area contributed by atoms with Crippen LogP contribution in [0.5, 0.6) is 5.75 Å². The van der Waals surface area contributed by atoms with Gasteiger partial charge in [-0.3, -0.25) is 9.59 Å². The van der Waals surface area contributed by atoms with Gasteiger partial charge in [-0.1, -0.05) is 38.1 Å². The lowest BCUT2D eigenvalue weighted by molar-refractivity contribution is -0.127. The number of hydrogen-bond donors (Lipinski definition) is 4. The van der Waals surface area contributed by atoms with Gasteiger partial charge in [0.25, 0.3) is 5.91 Å². The molecule has 3 rings (SSSR count). The average Bonchev–Trinajstić information content (AvgIpc) is 3.18. The highest BCUT2D eigenvalue weighted by Gasteiger charge is 2.31. The van der Waals surface area contributed by atoms with Gasteiger partial charge in [-0.25, -0.2) is 0 Å². The highest BCUT2D eigenvalue weighted by molar-refractivity contribution is 6.02. The summed E-state index contributed by atoms with van der Waals surface area (Å²) in [5, 5.41) is 18.7. The fourth-order valence-electron chi connectivity index (χ4n) is 3.62. The SMILES string of the molecule is COc1ccccc1Nc1ccccc1C(=O)NC(CC(C)C)C(=O)N[C@H]1CCO[C@@H]1O. The van der Waals surface area contributed by atoms with E-state index in [4.69, 9.17) is 9.47 Å². The predicted molar refractivity (Wildman–Crippen MR) is 122 cm³/mol. The Morgan fingerprint density at radius 3 is 2.47 bits per heavy atom. The summed E-state index contributed by atoms with van der Waals surface area (Å²) in [5.74, 6) is 0.124. The minimum Gasteiger partial charge on any atom is -0.495 e. The highest BCUT2D eigenvalue weighted by Crippen LogP contribution is 2.28. The molecule has 0 bridgehead atoms. The quantitative estimate of drug-likeness (QED) is 0.477. The van der Waals surface area contributed by atoms with E-state index in [-0.39, 0.29) is 17.7 Å². The van der Waals surface area contributed by atoms with Crippen molar-refractivity contribution in [2.75, 3.05) is 19.0 Å². The van der Waals surface area contributed by atoms with Crippen LogP contribution in [0.4, 0.5) is 11.4 Å². The van der Waals surface area contributed by atoms with Crippen LogP contribution in [0.1, 0.15) is 37.0 Å². The van der Waals surface area contributed by atoms with Gasteiger partial charge in [-0.05, 0) is 43.0 Å². The van der Waals surface area contributed by atoms with Crippen LogP contribution in [-0.2, 0) is 9.53 Å². The van der Waals surface area contributed by atoms with E-state index in [1.807, 2.05) is 44.2 Å². The Kier molecular flexibility index (Phi) is 8.08. The second kappa shape index (κ2) is 11.0. The van der Waals surface area contributed by atoms with E-state index in [1.165, 1.54) is 0 Å². The summed E-state index contributed by atoms with van der Waals surface area (Å²) in [6, 6.07) is 13.3. The van der Waals surface area contributed by atoms with Gasteiger partial charge >= 0.3 is 0 Å². The van der Waals surface area contributed by atoms with Gasteiger partial charge in [0.05, 0.1) is 36.7 Å². The number of aliphatic hydroxyl groups excluding tert-OH is 1. The number of carbonyl (C=O) groups excluding carboxylic acids is 2. The van der Waals surface area contributed by atoms with Gasteiger partial charge < -0.3 is 30.5 Å². The third-order valence-corrected chi connectivity index (χ3v) is 5.27. The molecule has 4 N–H and O–H groups in total. The summed E-state index contributed by atoms with van der Waals surface area (Å²) < 4.78 is 10.5. The fourth-order valence-corrected chi connectivity index (χ4v) is 3.62. The maximum Gasteiger partial charge on any atom is 0.254 e. The Morgan fingerprint density at radius 1 is 1.12 bits per heavy atom. The smallest absolute Gasteiger partial charge is 0.254 e. The Hall–Kier alpha value is -3.10. The van der Waals surface area contributed by atoms with E-state index < -0.39 is 18.4 Å².